The van der Waals surface area contributed by atoms with Crippen LogP contribution in [0.4, 0.5) is 4.39 Å². The van der Waals surface area contributed by atoms with Crippen molar-refractivity contribution in [2.45, 2.75) is 6.92 Å². The van der Waals surface area contributed by atoms with Crippen molar-refractivity contribution in [3.63, 3.8) is 0 Å². The quantitative estimate of drug-likeness (QED) is 0.585. The summed E-state index contributed by atoms with van der Waals surface area (Å²) in [6, 6.07) is 7.91. The van der Waals surface area contributed by atoms with Crippen molar-refractivity contribution in [1.82, 2.24) is 0 Å². The van der Waals surface area contributed by atoms with Crippen LogP contribution in [0.25, 0.3) is 11.1 Å². The van der Waals surface area contributed by atoms with Gasteiger partial charge in [0.25, 0.3) is 0 Å². The Morgan fingerprint density at radius 3 is 2.12 bits per heavy atom. The molecule has 17 heavy (non-hydrogen) atoms. The van der Waals surface area contributed by atoms with Gasteiger partial charge in [-0.3, -0.25) is 0 Å². The summed E-state index contributed by atoms with van der Waals surface area (Å²) < 4.78 is 13.3. The van der Waals surface area contributed by atoms with Gasteiger partial charge in [-0.25, -0.2) is 4.39 Å². The van der Waals surface area contributed by atoms with Crippen LogP contribution in [0.15, 0.2) is 30.3 Å². The molecule has 0 heterocycles. The normalized spacial score (nSPS) is 10.6. The van der Waals surface area contributed by atoms with Crippen LogP contribution in [0.5, 0.6) is 0 Å². The number of rotatable bonds is 1. The van der Waals surface area contributed by atoms with Gasteiger partial charge in [0.2, 0.25) is 0 Å². The number of halogens is 4. The molecule has 0 fully saturated rings. The molecule has 0 unspecified atom stereocenters. The fourth-order valence-corrected chi connectivity index (χ4v) is 2.29. The zero-order chi connectivity index (χ0) is 12.6. The van der Waals surface area contributed by atoms with Gasteiger partial charge in [0, 0.05) is 10.6 Å². The molecule has 0 radical (unpaired) electrons. The first-order chi connectivity index (χ1) is 7.97. The molecule has 0 aliphatic rings. The molecule has 0 saturated carbocycles. The van der Waals surface area contributed by atoms with Gasteiger partial charge in [0.15, 0.2) is 0 Å². The number of hydrogen-bond acceptors (Lipinski definition) is 0. The van der Waals surface area contributed by atoms with E-state index in [1.54, 1.807) is 12.1 Å². The van der Waals surface area contributed by atoms with E-state index < -0.39 is 0 Å². The molecule has 0 aromatic heterocycles. The average Bonchev–Trinajstić information content (AvgIpc) is 2.22. The molecule has 0 bridgehead atoms. The number of hydrogen-bond donors (Lipinski definition) is 0. The van der Waals surface area contributed by atoms with Crippen molar-refractivity contribution < 1.29 is 4.39 Å². The zero-order valence-corrected chi connectivity index (χ0v) is 11.2. The molecule has 2 aromatic rings. The first-order valence-electron chi connectivity index (χ1n) is 4.89. The van der Waals surface area contributed by atoms with E-state index in [1.807, 2.05) is 13.0 Å². The molecule has 0 aliphatic carbocycles. The van der Waals surface area contributed by atoms with Crippen molar-refractivity contribution in [3.8, 4) is 11.1 Å². The first-order valence-corrected chi connectivity index (χ1v) is 6.03. The Morgan fingerprint density at radius 1 is 0.824 bits per heavy atom. The van der Waals surface area contributed by atoms with E-state index in [-0.39, 0.29) is 5.82 Å². The maximum Gasteiger partial charge on any atom is 0.124 e. The summed E-state index contributed by atoms with van der Waals surface area (Å²) in [7, 11) is 0. The Balaban J connectivity index is 2.64. The van der Waals surface area contributed by atoms with E-state index in [0.717, 1.165) is 5.56 Å². The molecule has 0 N–H and O–H groups in total. The van der Waals surface area contributed by atoms with E-state index in [4.69, 9.17) is 34.8 Å². The Hall–Kier alpha value is -0.760. The minimum absolute atomic E-state index is 0.304. The molecular weight excluding hydrogens is 282 g/mol. The molecule has 2 rings (SSSR count). The minimum atomic E-state index is -0.304. The van der Waals surface area contributed by atoms with E-state index >= 15 is 0 Å². The molecule has 88 valence electrons. The summed E-state index contributed by atoms with van der Waals surface area (Å²) in [5, 5.41) is 1.23. The van der Waals surface area contributed by atoms with Crippen molar-refractivity contribution in [2.75, 3.05) is 0 Å². The van der Waals surface area contributed by atoms with Crippen LogP contribution >= 0.6 is 34.8 Å². The Bertz CT molecular complexity index is 559. The summed E-state index contributed by atoms with van der Waals surface area (Å²) in [4.78, 5) is 0. The van der Waals surface area contributed by atoms with Gasteiger partial charge in [-0.15, -0.1) is 0 Å². The smallest absolute Gasteiger partial charge is 0.124 e. The van der Waals surface area contributed by atoms with E-state index in [1.165, 1.54) is 12.1 Å². The Morgan fingerprint density at radius 2 is 1.47 bits per heavy atom. The summed E-state index contributed by atoms with van der Waals surface area (Å²) >= 11 is 17.9. The molecule has 0 atom stereocenters. The zero-order valence-electron chi connectivity index (χ0n) is 8.90. The van der Waals surface area contributed by atoms with E-state index in [2.05, 4.69) is 0 Å². The summed E-state index contributed by atoms with van der Waals surface area (Å²) in [5.74, 6) is -0.304. The van der Waals surface area contributed by atoms with Crippen molar-refractivity contribution in [2.24, 2.45) is 0 Å². The minimum Gasteiger partial charge on any atom is -0.207 e. The van der Waals surface area contributed by atoms with Crippen LogP contribution in [0.2, 0.25) is 15.1 Å². The SMILES string of the molecule is Cc1cc(F)cc(-c2cc(Cl)c(Cl)cc2Cl)c1. The monoisotopic (exact) mass is 288 g/mol. The van der Waals surface area contributed by atoms with Crippen LogP contribution in [0, 0.1) is 12.7 Å². The lowest BCUT2D eigenvalue weighted by molar-refractivity contribution is 0.627. The molecule has 0 amide bonds. The van der Waals surface area contributed by atoms with Gasteiger partial charge >= 0.3 is 0 Å². The average molecular weight is 290 g/mol. The molecular formula is C13H8Cl3F. The van der Waals surface area contributed by atoms with Crippen LogP contribution in [-0.4, -0.2) is 0 Å². The first kappa shape index (κ1) is 12.7. The van der Waals surface area contributed by atoms with Crippen LogP contribution in [0.3, 0.4) is 0 Å². The maximum absolute atomic E-state index is 13.3. The Labute approximate surface area is 114 Å². The molecule has 2 aromatic carbocycles. The summed E-state index contributed by atoms with van der Waals surface area (Å²) in [5.41, 5.74) is 2.18. The van der Waals surface area contributed by atoms with Gasteiger partial charge in [-0.1, -0.05) is 40.9 Å². The Kier molecular flexibility index (Phi) is 3.62. The van der Waals surface area contributed by atoms with Gasteiger partial charge in [0.05, 0.1) is 10.0 Å². The lowest BCUT2D eigenvalue weighted by Crippen LogP contribution is -1.85. The second-order valence-corrected chi connectivity index (χ2v) is 4.99. The predicted octanol–water partition coefficient (Wildman–Crippen LogP) is 5.76. The fraction of sp³-hybridized carbons (Fsp3) is 0.0769. The molecule has 0 aliphatic heterocycles. The van der Waals surface area contributed by atoms with Crippen LogP contribution in [0.1, 0.15) is 5.56 Å². The highest BCUT2D eigenvalue weighted by Crippen LogP contribution is 2.35. The van der Waals surface area contributed by atoms with Gasteiger partial charge in [-0.05, 0) is 42.3 Å². The van der Waals surface area contributed by atoms with Gasteiger partial charge in [0.1, 0.15) is 5.82 Å². The standard InChI is InChI=1S/C13H8Cl3F/c1-7-2-8(4-9(17)3-7)10-5-12(15)13(16)6-11(10)14/h2-6H,1H3. The van der Waals surface area contributed by atoms with Crippen molar-refractivity contribution in [1.29, 1.82) is 0 Å². The largest absolute Gasteiger partial charge is 0.207 e. The van der Waals surface area contributed by atoms with Crippen molar-refractivity contribution >= 4 is 34.8 Å². The highest BCUT2D eigenvalue weighted by Gasteiger charge is 2.09. The fourth-order valence-electron chi connectivity index (χ4n) is 1.64. The van der Waals surface area contributed by atoms with E-state index in [0.29, 0.717) is 26.2 Å². The third-order valence-corrected chi connectivity index (χ3v) is 3.40. The van der Waals surface area contributed by atoms with Gasteiger partial charge in [-0.2, -0.15) is 0 Å². The third kappa shape index (κ3) is 2.74. The maximum atomic E-state index is 13.3. The number of aryl methyl sites for hydroxylation is 1. The predicted molar refractivity (Wildman–Crippen MR) is 71.6 cm³/mol. The third-order valence-electron chi connectivity index (χ3n) is 2.36. The summed E-state index contributed by atoms with van der Waals surface area (Å²) in [6.45, 7) is 1.82. The molecule has 0 saturated heterocycles. The lowest BCUT2D eigenvalue weighted by atomic mass is 10.0. The summed E-state index contributed by atoms with van der Waals surface area (Å²) in [6.07, 6.45) is 0. The van der Waals surface area contributed by atoms with E-state index in [9.17, 15) is 4.39 Å². The molecule has 4 heteroatoms. The second kappa shape index (κ2) is 4.85. The second-order valence-electron chi connectivity index (χ2n) is 3.76. The number of benzene rings is 2. The highest BCUT2D eigenvalue weighted by atomic mass is 35.5. The van der Waals surface area contributed by atoms with Crippen LogP contribution in [-0.2, 0) is 0 Å². The van der Waals surface area contributed by atoms with Gasteiger partial charge < -0.3 is 0 Å². The highest BCUT2D eigenvalue weighted by molar-refractivity contribution is 6.44. The van der Waals surface area contributed by atoms with Crippen molar-refractivity contribution in [3.05, 3.63) is 56.8 Å². The topological polar surface area (TPSA) is 0 Å². The molecule has 0 spiro atoms. The van der Waals surface area contributed by atoms with Crippen LogP contribution < -0.4 is 0 Å². The lowest BCUT2D eigenvalue weighted by Gasteiger charge is -2.08. The molecule has 0 nitrogen and oxygen atoms in total.